The monoisotopic (exact) mass is 219 g/mol. The zero-order valence-electron chi connectivity index (χ0n) is 9.43. The molecule has 0 spiro atoms. The number of fused-ring (bicyclic) bond motifs is 2. The van der Waals surface area contributed by atoms with E-state index in [0.29, 0.717) is 16.9 Å². The molecule has 0 aliphatic carbocycles. The predicted octanol–water partition coefficient (Wildman–Crippen LogP) is 0.935. The van der Waals surface area contributed by atoms with E-state index in [0.717, 1.165) is 0 Å². The van der Waals surface area contributed by atoms with E-state index >= 15 is 0 Å². The first-order chi connectivity index (χ1) is 7.77. The van der Waals surface area contributed by atoms with Crippen molar-refractivity contribution in [2.45, 2.75) is 13.8 Å². The minimum absolute atomic E-state index is 0.146. The highest BCUT2D eigenvalue weighted by Gasteiger charge is 2.08. The maximum Gasteiger partial charge on any atom is 0.287 e. The molecule has 0 aromatic carbocycles. The van der Waals surface area contributed by atoms with Crippen molar-refractivity contribution in [3.05, 3.63) is 29.1 Å². The normalized spacial score (nSPS) is 10.4. The molecule has 6 nitrogen and oxygen atoms in total. The lowest BCUT2D eigenvalue weighted by Crippen LogP contribution is -2.13. The predicted molar refractivity (Wildman–Crippen MR) is 61.4 cm³/mol. The van der Waals surface area contributed by atoms with Gasteiger partial charge in [-0.3, -0.25) is 4.79 Å². The van der Waals surface area contributed by atoms with Crippen LogP contribution in [0, 0.1) is 0 Å². The van der Waals surface area contributed by atoms with Gasteiger partial charge in [0.1, 0.15) is 5.65 Å². The van der Waals surface area contributed by atoms with E-state index in [1.165, 1.54) is 4.40 Å². The average molecular weight is 219 g/mol. The standard InChI is InChI=1S/C8H7N5O.C2H6/c1-12-4-10-5-6(12)11-8-9-2-3-13(8)7(5)14;1-2/h2-4H,1H3,(H,9,11);1-2H3. The topological polar surface area (TPSA) is 68.0 Å². The second-order valence-corrected chi connectivity index (χ2v) is 3.10. The van der Waals surface area contributed by atoms with Crippen LogP contribution >= 0.6 is 0 Å². The largest absolute Gasteiger partial charge is 0.320 e. The van der Waals surface area contributed by atoms with Crippen LogP contribution in [0.2, 0.25) is 0 Å². The summed E-state index contributed by atoms with van der Waals surface area (Å²) >= 11 is 0. The van der Waals surface area contributed by atoms with Gasteiger partial charge in [0.25, 0.3) is 5.56 Å². The lowest BCUT2D eigenvalue weighted by atomic mass is 10.5. The first kappa shape index (κ1) is 10.4. The van der Waals surface area contributed by atoms with Gasteiger partial charge in [-0.15, -0.1) is 0 Å². The Kier molecular flexibility index (Phi) is 2.47. The molecule has 0 unspecified atom stereocenters. The summed E-state index contributed by atoms with van der Waals surface area (Å²) in [7, 11) is 1.82. The SMILES string of the molecule is CC.Cn1cnc2c(=O)n3ccnc3[nH]c21. The van der Waals surface area contributed by atoms with E-state index in [-0.39, 0.29) is 5.56 Å². The summed E-state index contributed by atoms with van der Waals surface area (Å²) in [5, 5.41) is 0. The van der Waals surface area contributed by atoms with Gasteiger partial charge in [0.15, 0.2) is 5.52 Å². The maximum atomic E-state index is 11.8. The van der Waals surface area contributed by atoms with Crippen LogP contribution in [-0.2, 0) is 7.05 Å². The molecule has 0 atom stereocenters. The molecule has 3 aromatic rings. The number of H-pyrrole nitrogens is 1. The maximum absolute atomic E-state index is 11.8. The molecule has 3 rings (SSSR count). The first-order valence-corrected chi connectivity index (χ1v) is 5.14. The second-order valence-electron chi connectivity index (χ2n) is 3.10. The number of hydrogen-bond acceptors (Lipinski definition) is 3. The van der Waals surface area contributed by atoms with Crippen LogP contribution in [0.15, 0.2) is 23.5 Å². The number of imidazole rings is 2. The summed E-state index contributed by atoms with van der Waals surface area (Å²) in [6, 6.07) is 0. The number of aromatic amines is 1. The van der Waals surface area contributed by atoms with E-state index in [1.807, 2.05) is 20.9 Å². The van der Waals surface area contributed by atoms with E-state index in [9.17, 15) is 4.79 Å². The molecule has 16 heavy (non-hydrogen) atoms. The molecule has 0 amide bonds. The third kappa shape index (κ3) is 1.30. The minimum atomic E-state index is -0.146. The van der Waals surface area contributed by atoms with E-state index in [4.69, 9.17) is 0 Å². The zero-order valence-corrected chi connectivity index (χ0v) is 9.43. The molecule has 0 fully saturated rings. The van der Waals surface area contributed by atoms with Crippen LogP contribution in [0.4, 0.5) is 0 Å². The van der Waals surface area contributed by atoms with Crippen molar-refractivity contribution >= 4 is 16.9 Å². The van der Waals surface area contributed by atoms with Crippen molar-refractivity contribution in [2.75, 3.05) is 0 Å². The molecule has 6 heteroatoms. The summed E-state index contributed by atoms with van der Waals surface area (Å²) in [4.78, 5) is 22.9. The lowest BCUT2D eigenvalue weighted by Gasteiger charge is -1.95. The Morgan fingerprint density at radius 3 is 2.81 bits per heavy atom. The number of aromatic nitrogens is 5. The lowest BCUT2D eigenvalue weighted by molar-refractivity contribution is 0.928. The van der Waals surface area contributed by atoms with Crippen LogP contribution in [-0.4, -0.2) is 23.9 Å². The Balaban J connectivity index is 0.000000457. The number of aryl methyl sites for hydroxylation is 1. The molecular formula is C10H13N5O. The molecule has 84 valence electrons. The highest BCUT2D eigenvalue weighted by Crippen LogP contribution is 2.04. The van der Waals surface area contributed by atoms with Gasteiger partial charge < -0.3 is 9.55 Å². The third-order valence-corrected chi connectivity index (χ3v) is 2.23. The van der Waals surface area contributed by atoms with Gasteiger partial charge >= 0.3 is 0 Å². The molecular weight excluding hydrogens is 206 g/mol. The van der Waals surface area contributed by atoms with Crippen LogP contribution in [0.5, 0.6) is 0 Å². The van der Waals surface area contributed by atoms with Crippen LogP contribution in [0.3, 0.4) is 0 Å². The summed E-state index contributed by atoms with van der Waals surface area (Å²) in [5.74, 6) is 0.533. The Morgan fingerprint density at radius 1 is 1.31 bits per heavy atom. The Hall–Kier alpha value is -2.11. The number of nitrogens with one attached hydrogen (secondary N) is 1. The number of nitrogens with zero attached hydrogens (tertiary/aromatic N) is 4. The van der Waals surface area contributed by atoms with E-state index < -0.39 is 0 Å². The first-order valence-electron chi connectivity index (χ1n) is 5.14. The van der Waals surface area contributed by atoms with Gasteiger partial charge in [-0.1, -0.05) is 13.8 Å². The van der Waals surface area contributed by atoms with Crippen molar-refractivity contribution in [3.63, 3.8) is 0 Å². The fraction of sp³-hybridized carbons (Fsp3) is 0.300. The quantitative estimate of drug-likeness (QED) is 0.611. The fourth-order valence-corrected chi connectivity index (χ4v) is 1.51. The summed E-state index contributed by atoms with van der Waals surface area (Å²) in [6.07, 6.45) is 4.79. The van der Waals surface area contributed by atoms with Crippen molar-refractivity contribution in [1.29, 1.82) is 0 Å². The van der Waals surface area contributed by atoms with Crippen LogP contribution in [0.25, 0.3) is 16.9 Å². The van der Waals surface area contributed by atoms with Crippen LogP contribution < -0.4 is 5.56 Å². The molecule has 3 heterocycles. The highest BCUT2D eigenvalue weighted by atomic mass is 16.1. The van der Waals surface area contributed by atoms with Crippen molar-refractivity contribution in [3.8, 4) is 0 Å². The van der Waals surface area contributed by atoms with Gasteiger partial charge in [0.2, 0.25) is 5.78 Å². The van der Waals surface area contributed by atoms with Crippen LogP contribution in [0.1, 0.15) is 13.8 Å². The number of rotatable bonds is 0. The summed E-state index contributed by atoms with van der Waals surface area (Å²) in [5.41, 5.74) is 0.971. The number of hydrogen-bond donors (Lipinski definition) is 1. The van der Waals surface area contributed by atoms with E-state index in [2.05, 4.69) is 15.0 Å². The Morgan fingerprint density at radius 2 is 2.06 bits per heavy atom. The molecule has 0 saturated carbocycles. The molecule has 0 radical (unpaired) electrons. The fourth-order valence-electron chi connectivity index (χ4n) is 1.51. The average Bonchev–Trinajstić information content (AvgIpc) is 2.90. The van der Waals surface area contributed by atoms with Crippen molar-refractivity contribution in [2.24, 2.45) is 7.05 Å². The van der Waals surface area contributed by atoms with Gasteiger partial charge in [-0.2, -0.15) is 0 Å². The molecule has 0 aliphatic heterocycles. The molecule has 1 N–H and O–H groups in total. The van der Waals surface area contributed by atoms with E-state index in [1.54, 1.807) is 23.3 Å². The highest BCUT2D eigenvalue weighted by molar-refractivity contribution is 5.71. The second kappa shape index (κ2) is 3.80. The molecule has 0 aliphatic rings. The van der Waals surface area contributed by atoms with Gasteiger partial charge in [-0.25, -0.2) is 14.4 Å². The molecule has 3 aromatic heterocycles. The van der Waals surface area contributed by atoms with Gasteiger partial charge in [0, 0.05) is 19.4 Å². The van der Waals surface area contributed by atoms with Crippen molar-refractivity contribution in [1.82, 2.24) is 23.9 Å². The molecule has 0 saturated heterocycles. The Bertz CT molecular complexity index is 675. The molecule has 0 bridgehead atoms. The third-order valence-electron chi connectivity index (χ3n) is 2.23. The summed E-state index contributed by atoms with van der Waals surface area (Å²) < 4.78 is 3.20. The zero-order chi connectivity index (χ0) is 11.7. The minimum Gasteiger partial charge on any atom is -0.320 e. The smallest absolute Gasteiger partial charge is 0.287 e. The summed E-state index contributed by atoms with van der Waals surface area (Å²) in [6.45, 7) is 4.00. The Labute approximate surface area is 91.6 Å². The van der Waals surface area contributed by atoms with Gasteiger partial charge in [0.05, 0.1) is 6.33 Å². The van der Waals surface area contributed by atoms with Crippen molar-refractivity contribution < 1.29 is 0 Å². The van der Waals surface area contributed by atoms with Gasteiger partial charge in [-0.05, 0) is 0 Å².